The molecular weight excluding hydrogens is 306 g/mol. The Bertz CT molecular complexity index is 646. The zero-order valence-corrected chi connectivity index (χ0v) is 12.6. The number of benzene rings is 2. The van der Waals surface area contributed by atoms with Gasteiger partial charge in [-0.25, -0.2) is 0 Å². The van der Waals surface area contributed by atoms with E-state index in [-0.39, 0.29) is 5.11 Å². The third kappa shape index (κ3) is 3.51. The second kappa shape index (κ2) is 6.56. The topological polar surface area (TPSA) is 72.4 Å². The van der Waals surface area contributed by atoms with E-state index in [0.717, 1.165) is 0 Å². The minimum absolute atomic E-state index is 0.0602. The number of amides is 1. The van der Waals surface area contributed by atoms with Crippen LogP contribution in [0.1, 0.15) is 11.6 Å². The molecule has 0 aromatic heterocycles. The van der Waals surface area contributed by atoms with Gasteiger partial charge in [0.25, 0.3) is 0 Å². The molecule has 21 heavy (non-hydrogen) atoms. The fraction of sp³-hybridized carbons (Fsp3) is 0.0667. The third-order valence-corrected chi connectivity index (χ3v) is 3.43. The van der Waals surface area contributed by atoms with Crippen LogP contribution in [0.2, 0.25) is 5.02 Å². The van der Waals surface area contributed by atoms with Crippen molar-refractivity contribution in [2.24, 2.45) is 11.5 Å². The van der Waals surface area contributed by atoms with E-state index in [9.17, 15) is 4.79 Å². The maximum Gasteiger partial charge on any atom is 0.245 e. The van der Waals surface area contributed by atoms with Crippen molar-refractivity contribution in [2.75, 3.05) is 4.90 Å². The molecule has 0 saturated heterocycles. The van der Waals surface area contributed by atoms with Gasteiger partial charge in [-0.3, -0.25) is 4.79 Å². The Hall–Kier alpha value is -2.11. The fourth-order valence-corrected chi connectivity index (χ4v) is 2.42. The van der Waals surface area contributed by atoms with E-state index in [1.165, 1.54) is 4.90 Å². The Balaban J connectivity index is 2.50. The number of rotatable bonds is 4. The van der Waals surface area contributed by atoms with Crippen LogP contribution < -0.4 is 16.4 Å². The number of hydrogen-bond donors (Lipinski definition) is 2. The van der Waals surface area contributed by atoms with Crippen molar-refractivity contribution < 1.29 is 4.79 Å². The SMILES string of the molecule is NC(=O)C(c1ccccc1)N(C(N)=S)c1ccc(Cl)cc1. The van der Waals surface area contributed by atoms with E-state index in [2.05, 4.69) is 0 Å². The normalized spacial score (nSPS) is 11.7. The van der Waals surface area contributed by atoms with Gasteiger partial charge in [0.15, 0.2) is 5.11 Å². The van der Waals surface area contributed by atoms with E-state index >= 15 is 0 Å². The molecule has 0 aliphatic carbocycles. The number of halogens is 1. The van der Waals surface area contributed by atoms with Gasteiger partial charge >= 0.3 is 0 Å². The first-order chi connectivity index (χ1) is 10.0. The molecule has 0 radical (unpaired) electrons. The van der Waals surface area contributed by atoms with Crippen LogP contribution in [-0.2, 0) is 4.79 Å². The largest absolute Gasteiger partial charge is 0.376 e. The lowest BCUT2D eigenvalue weighted by Gasteiger charge is -2.30. The number of hydrogen-bond acceptors (Lipinski definition) is 2. The maximum absolute atomic E-state index is 11.9. The molecule has 0 saturated carbocycles. The van der Waals surface area contributed by atoms with Gasteiger partial charge in [-0.05, 0) is 42.0 Å². The number of carbonyl (C=O) groups is 1. The van der Waals surface area contributed by atoms with Crippen LogP contribution in [0.3, 0.4) is 0 Å². The minimum Gasteiger partial charge on any atom is -0.376 e. The van der Waals surface area contributed by atoms with Crippen molar-refractivity contribution in [3.8, 4) is 0 Å². The number of nitrogens with two attached hydrogens (primary N) is 2. The van der Waals surface area contributed by atoms with Gasteiger partial charge in [0.2, 0.25) is 5.91 Å². The predicted molar refractivity (Wildman–Crippen MR) is 89.1 cm³/mol. The van der Waals surface area contributed by atoms with Crippen molar-refractivity contribution >= 4 is 40.5 Å². The van der Waals surface area contributed by atoms with E-state index < -0.39 is 11.9 Å². The van der Waals surface area contributed by atoms with Crippen LogP contribution in [0, 0.1) is 0 Å². The molecule has 0 aliphatic rings. The highest BCUT2D eigenvalue weighted by Gasteiger charge is 2.28. The van der Waals surface area contributed by atoms with E-state index in [4.69, 9.17) is 35.3 Å². The van der Waals surface area contributed by atoms with Crippen LogP contribution in [0.15, 0.2) is 54.6 Å². The molecule has 6 heteroatoms. The molecule has 0 spiro atoms. The highest BCUT2D eigenvalue weighted by molar-refractivity contribution is 7.80. The van der Waals surface area contributed by atoms with Crippen molar-refractivity contribution in [1.82, 2.24) is 0 Å². The Labute approximate surface area is 133 Å². The van der Waals surface area contributed by atoms with Crippen LogP contribution >= 0.6 is 23.8 Å². The van der Waals surface area contributed by atoms with Crippen molar-refractivity contribution in [1.29, 1.82) is 0 Å². The quantitative estimate of drug-likeness (QED) is 0.850. The zero-order valence-electron chi connectivity index (χ0n) is 11.1. The standard InChI is InChI=1S/C15H14ClN3OS/c16-11-6-8-12(9-7-11)19(15(18)21)13(14(17)20)10-4-2-1-3-5-10/h1-9,13H,(H2,17,20)(H2,18,21). The fourth-order valence-electron chi connectivity index (χ4n) is 2.08. The molecular formula is C15H14ClN3OS. The summed E-state index contributed by atoms with van der Waals surface area (Å²) in [7, 11) is 0. The molecule has 4 nitrogen and oxygen atoms in total. The molecule has 4 N–H and O–H groups in total. The summed E-state index contributed by atoms with van der Waals surface area (Å²) in [5.41, 5.74) is 12.7. The predicted octanol–water partition coefficient (Wildman–Crippen LogP) is 2.62. The van der Waals surface area contributed by atoms with E-state index in [0.29, 0.717) is 16.3 Å². The molecule has 108 valence electrons. The highest BCUT2D eigenvalue weighted by Crippen LogP contribution is 2.28. The molecule has 0 heterocycles. The van der Waals surface area contributed by atoms with Gasteiger partial charge in [0.05, 0.1) is 0 Å². The summed E-state index contributed by atoms with van der Waals surface area (Å²) in [4.78, 5) is 13.4. The van der Waals surface area contributed by atoms with Gasteiger partial charge in [0.1, 0.15) is 6.04 Å². The summed E-state index contributed by atoms with van der Waals surface area (Å²) in [6.45, 7) is 0. The molecule has 0 bridgehead atoms. The molecule has 2 rings (SSSR count). The van der Waals surface area contributed by atoms with E-state index in [1.54, 1.807) is 36.4 Å². The van der Waals surface area contributed by atoms with Gasteiger partial charge in [-0.1, -0.05) is 41.9 Å². The average Bonchev–Trinajstić information content (AvgIpc) is 2.46. The van der Waals surface area contributed by atoms with Gasteiger partial charge in [0, 0.05) is 10.7 Å². The Morgan fingerprint density at radius 3 is 2.10 bits per heavy atom. The average molecular weight is 320 g/mol. The highest BCUT2D eigenvalue weighted by atomic mass is 35.5. The van der Waals surface area contributed by atoms with Crippen LogP contribution in [-0.4, -0.2) is 11.0 Å². The summed E-state index contributed by atoms with van der Waals surface area (Å²) in [5.74, 6) is -0.538. The lowest BCUT2D eigenvalue weighted by atomic mass is 10.0. The molecule has 2 aromatic rings. The number of thiocarbonyl (C=S) groups is 1. The molecule has 1 unspecified atom stereocenters. The van der Waals surface area contributed by atoms with Gasteiger partial charge in [-0.2, -0.15) is 0 Å². The molecule has 0 aliphatic heterocycles. The summed E-state index contributed by atoms with van der Waals surface area (Å²) in [6.07, 6.45) is 0. The molecule has 2 aromatic carbocycles. The molecule has 1 amide bonds. The summed E-state index contributed by atoms with van der Waals surface area (Å²) in [6, 6.07) is 15.2. The summed E-state index contributed by atoms with van der Waals surface area (Å²) < 4.78 is 0. The van der Waals surface area contributed by atoms with Gasteiger partial charge in [-0.15, -0.1) is 0 Å². The lowest BCUT2D eigenvalue weighted by molar-refractivity contribution is -0.119. The second-order valence-electron chi connectivity index (χ2n) is 4.40. The van der Waals surface area contributed by atoms with Crippen molar-refractivity contribution in [3.05, 3.63) is 65.2 Å². The first-order valence-corrected chi connectivity index (χ1v) is 6.98. The Morgan fingerprint density at radius 2 is 1.62 bits per heavy atom. The molecule has 0 fully saturated rings. The van der Waals surface area contributed by atoms with Crippen LogP contribution in [0.5, 0.6) is 0 Å². The van der Waals surface area contributed by atoms with Crippen LogP contribution in [0.25, 0.3) is 0 Å². The number of nitrogens with zero attached hydrogens (tertiary/aromatic N) is 1. The second-order valence-corrected chi connectivity index (χ2v) is 5.25. The summed E-state index contributed by atoms with van der Waals surface area (Å²) in [5, 5.41) is 0.641. The van der Waals surface area contributed by atoms with E-state index in [1.807, 2.05) is 18.2 Å². The Kier molecular flexibility index (Phi) is 4.77. The first-order valence-electron chi connectivity index (χ1n) is 6.19. The van der Waals surface area contributed by atoms with Gasteiger partial charge < -0.3 is 16.4 Å². The number of carbonyl (C=O) groups excluding carboxylic acids is 1. The first kappa shape index (κ1) is 15.3. The molecule has 1 atom stereocenters. The van der Waals surface area contributed by atoms with Crippen molar-refractivity contribution in [2.45, 2.75) is 6.04 Å². The van der Waals surface area contributed by atoms with Crippen molar-refractivity contribution in [3.63, 3.8) is 0 Å². The number of anilines is 1. The minimum atomic E-state index is -0.773. The maximum atomic E-state index is 11.9. The third-order valence-electron chi connectivity index (χ3n) is 2.99. The Morgan fingerprint density at radius 1 is 1.05 bits per heavy atom. The smallest absolute Gasteiger partial charge is 0.245 e. The lowest BCUT2D eigenvalue weighted by Crippen LogP contribution is -2.44. The van der Waals surface area contributed by atoms with Crippen LogP contribution in [0.4, 0.5) is 5.69 Å². The summed E-state index contributed by atoms with van der Waals surface area (Å²) >= 11 is 11.0. The monoisotopic (exact) mass is 319 g/mol. The number of primary amides is 1. The zero-order chi connectivity index (χ0) is 15.4.